The van der Waals surface area contributed by atoms with Gasteiger partial charge in [-0.25, -0.2) is 4.98 Å². The number of aryl methyl sites for hydroxylation is 1. The second-order valence-corrected chi connectivity index (χ2v) is 8.71. The summed E-state index contributed by atoms with van der Waals surface area (Å²) >= 11 is 12.5. The first-order valence-corrected chi connectivity index (χ1v) is 11.5. The van der Waals surface area contributed by atoms with Gasteiger partial charge in [0.25, 0.3) is 5.91 Å². The van der Waals surface area contributed by atoms with Crippen molar-refractivity contribution in [3.63, 3.8) is 0 Å². The van der Waals surface area contributed by atoms with Gasteiger partial charge in [-0.05, 0) is 38.1 Å². The molecule has 1 aromatic heterocycles. The molecule has 1 fully saturated rings. The molecule has 0 atom stereocenters. The van der Waals surface area contributed by atoms with Gasteiger partial charge in [0.15, 0.2) is 0 Å². The lowest BCUT2D eigenvalue weighted by molar-refractivity contribution is 0.0942. The predicted octanol–water partition coefficient (Wildman–Crippen LogP) is 6.04. The van der Waals surface area contributed by atoms with Crippen molar-refractivity contribution >= 4 is 84.4 Å². The van der Waals surface area contributed by atoms with Gasteiger partial charge in [-0.15, -0.1) is 49.6 Å². The van der Waals surface area contributed by atoms with E-state index >= 15 is 0 Å². The zero-order valence-electron chi connectivity index (χ0n) is 19.9. The molecule has 0 radical (unpaired) electrons. The number of nitrogens with zero attached hydrogens (tertiary/aromatic N) is 4. The molecule has 2 aromatic carbocycles. The van der Waals surface area contributed by atoms with E-state index in [-0.39, 0.29) is 55.5 Å². The molecule has 0 aliphatic carbocycles. The van der Waals surface area contributed by atoms with E-state index < -0.39 is 0 Å². The van der Waals surface area contributed by atoms with E-state index in [4.69, 9.17) is 23.2 Å². The van der Waals surface area contributed by atoms with Crippen LogP contribution in [0.15, 0.2) is 48.5 Å². The molecule has 0 bridgehead atoms. The van der Waals surface area contributed by atoms with Gasteiger partial charge >= 0.3 is 0 Å². The van der Waals surface area contributed by atoms with E-state index in [1.165, 1.54) is 0 Å². The minimum absolute atomic E-state index is 0. The maximum atomic E-state index is 12.8. The number of aromatic nitrogens is 2. The maximum absolute atomic E-state index is 12.8. The standard InChI is InChI=1S/C24H27Cl2N5O.4ClH/c1-17-23(28-18(2)31(17)19-7-4-3-5-8-19)24(32)27-11-12-29-13-15-30(16-14-29)21-10-6-9-20(25)22(21)26;;;;/h3-10H,11-16H2,1-2H3,(H,27,32);4*1H. The fourth-order valence-corrected chi connectivity index (χ4v) is 4.59. The van der Waals surface area contributed by atoms with Gasteiger partial charge in [-0.1, -0.05) is 47.5 Å². The number of carbonyl (C=O) groups excluding carboxylic acids is 1. The molecular formula is C24H31Cl6N5O. The number of piperazine rings is 1. The van der Waals surface area contributed by atoms with Crippen molar-refractivity contribution < 1.29 is 4.79 Å². The number of hydrogen-bond acceptors (Lipinski definition) is 4. The summed E-state index contributed by atoms with van der Waals surface area (Å²) in [6.45, 7) is 8.76. The Hall–Kier alpha value is -1.38. The number of para-hydroxylation sites is 1. The summed E-state index contributed by atoms with van der Waals surface area (Å²) in [6.07, 6.45) is 0. The number of hydrogen-bond donors (Lipinski definition) is 1. The highest BCUT2D eigenvalue weighted by molar-refractivity contribution is 6.43. The minimum Gasteiger partial charge on any atom is -0.368 e. The predicted molar refractivity (Wildman–Crippen MR) is 159 cm³/mol. The molecule has 0 spiro atoms. The molecule has 1 saturated heterocycles. The molecule has 1 aliphatic rings. The van der Waals surface area contributed by atoms with Crippen molar-refractivity contribution in [2.24, 2.45) is 0 Å². The molecule has 1 N–H and O–H groups in total. The highest BCUT2D eigenvalue weighted by Crippen LogP contribution is 2.32. The van der Waals surface area contributed by atoms with Gasteiger partial charge in [0.2, 0.25) is 0 Å². The molecule has 2 heterocycles. The van der Waals surface area contributed by atoms with Crippen LogP contribution in [0.2, 0.25) is 10.0 Å². The van der Waals surface area contributed by atoms with Crippen LogP contribution in [0.3, 0.4) is 0 Å². The molecule has 200 valence electrons. The molecular weight excluding hydrogens is 587 g/mol. The zero-order chi connectivity index (χ0) is 22.7. The highest BCUT2D eigenvalue weighted by Gasteiger charge is 2.21. The third-order valence-electron chi connectivity index (χ3n) is 5.86. The largest absolute Gasteiger partial charge is 0.368 e. The molecule has 1 aliphatic heterocycles. The van der Waals surface area contributed by atoms with Crippen LogP contribution in [0, 0.1) is 13.8 Å². The van der Waals surface area contributed by atoms with Crippen LogP contribution in [-0.4, -0.2) is 59.6 Å². The quantitative estimate of drug-likeness (QED) is 0.367. The zero-order valence-corrected chi connectivity index (χ0v) is 24.7. The average molecular weight is 618 g/mol. The van der Waals surface area contributed by atoms with Crippen LogP contribution >= 0.6 is 72.8 Å². The number of imidazole rings is 1. The maximum Gasteiger partial charge on any atom is 0.271 e. The lowest BCUT2D eigenvalue weighted by Crippen LogP contribution is -2.48. The van der Waals surface area contributed by atoms with Crippen LogP contribution in [-0.2, 0) is 0 Å². The van der Waals surface area contributed by atoms with E-state index in [0.717, 1.165) is 55.6 Å². The van der Waals surface area contributed by atoms with Gasteiger partial charge < -0.3 is 14.8 Å². The van der Waals surface area contributed by atoms with E-state index in [0.29, 0.717) is 22.3 Å². The van der Waals surface area contributed by atoms with Crippen molar-refractivity contribution in [1.82, 2.24) is 19.8 Å². The summed E-state index contributed by atoms with van der Waals surface area (Å²) in [5.74, 6) is 0.666. The van der Waals surface area contributed by atoms with Crippen molar-refractivity contribution in [2.45, 2.75) is 13.8 Å². The average Bonchev–Trinajstić information content (AvgIpc) is 3.10. The summed E-state index contributed by atoms with van der Waals surface area (Å²) in [4.78, 5) is 21.9. The third-order valence-corrected chi connectivity index (χ3v) is 6.67. The van der Waals surface area contributed by atoms with Gasteiger partial charge in [-0.2, -0.15) is 0 Å². The van der Waals surface area contributed by atoms with Crippen LogP contribution < -0.4 is 10.2 Å². The summed E-state index contributed by atoms with van der Waals surface area (Å²) in [6, 6.07) is 15.7. The van der Waals surface area contributed by atoms with Crippen molar-refractivity contribution in [3.05, 3.63) is 75.8 Å². The van der Waals surface area contributed by atoms with E-state index in [2.05, 4.69) is 20.1 Å². The normalized spacial score (nSPS) is 12.9. The molecule has 0 unspecified atom stereocenters. The Labute approximate surface area is 247 Å². The lowest BCUT2D eigenvalue weighted by Gasteiger charge is -2.36. The number of halogens is 6. The highest BCUT2D eigenvalue weighted by atomic mass is 35.5. The van der Waals surface area contributed by atoms with Crippen LogP contribution in [0.1, 0.15) is 22.0 Å². The van der Waals surface area contributed by atoms with Crippen LogP contribution in [0.25, 0.3) is 5.69 Å². The van der Waals surface area contributed by atoms with E-state index in [9.17, 15) is 4.79 Å². The smallest absolute Gasteiger partial charge is 0.271 e. The van der Waals surface area contributed by atoms with Crippen LogP contribution in [0.5, 0.6) is 0 Å². The number of amides is 1. The number of carbonyl (C=O) groups is 1. The molecule has 1 amide bonds. The Kier molecular flexibility index (Phi) is 15.2. The van der Waals surface area contributed by atoms with Gasteiger partial charge in [0.1, 0.15) is 11.5 Å². The van der Waals surface area contributed by atoms with Crippen molar-refractivity contribution in [3.8, 4) is 5.69 Å². The number of rotatable bonds is 6. The monoisotopic (exact) mass is 615 g/mol. The van der Waals surface area contributed by atoms with Gasteiger partial charge in [0, 0.05) is 45.0 Å². The Morgan fingerprint density at radius 3 is 2.19 bits per heavy atom. The first kappa shape index (κ1) is 34.6. The molecule has 0 saturated carbocycles. The fraction of sp³-hybridized carbons (Fsp3) is 0.333. The SMILES string of the molecule is Cc1nc(C(=O)NCCN2CCN(c3cccc(Cl)c3Cl)CC2)c(C)n1-c1ccccc1.Cl.Cl.Cl.Cl. The number of benzene rings is 2. The Balaban J connectivity index is 0.00000306. The molecule has 36 heavy (non-hydrogen) atoms. The Morgan fingerprint density at radius 2 is 1.56 bits per heavy atom. The summed E-state index contributed by atoms with van der Waals surface area (Å²) in [7, 11) is 0. The molecule has 4 rings (SSSR count). The minimum atomic E-state index is -0.135. The molecule has 6 nitrogen and oxygen atoms in total. The lowest BCUT2D eigenvalue weighted by atomic mass is 10.2. The van der Waals surface area contributed by atoms with Crippen molar-refractivity contribution in [2.75, 3.05) is 44.2 Å². The number of anilines is 1. The second-order valence-electron chi connectivity index (χ2n) is 7.92. The fourth-order valence-electron chi connectivity index (χ4n) is 4.17. The summed E-state index contributed by atoms with van der Waals surface area (Å²) in [5, 5.41) is 4.22. The van der Waals surface area contributed by atoms with Gasteiger partial charge in [-0.3, -0.25) is 9.69 Å². The Bertz CT molecular complexity index is 1100. The third kappa shape index (κ3) is 7.81. The number of nitrogens with one attached hydrogen (secondary N) is 1. The van der Waals surface area contributed by atoms with E-state index in [1.807, 2.05) is 60.9 Å². The Morgan fingerprint density at radius 1 is 0.917 bits per heavy atom. The summed E-state index contributed by atoms with van der Waals surface area (Å²) in [5.41, 5.74) is 3.31. The van der Waals surface area contributed by atoms with Crippen LogP contribution in [0.4, 0.5) is 5.69 Å². The molecule has 3 aromatic rings. The van der Waals surface area contributed by atoms with Crippen molar-refractivity contribution in [1.29, 1.82) is 0 Å². The van der Waals surface area contributed by atoms with Gasteiger partial charge in [0.05, 0.1) is 21.4 Å². The second kappa shape index (κ2) is 15.8. The summed E-state index contributed by atoms with van der Waals surface area (Å²) < 4.78 is 2.01. The topological polar surface area (TPSA) is 53.4 Å². The molecule has 12 heteroatoms. The van der Waals surface area contributed by atoms with E-state index in [1.54, 1.807) is 6.07 Å². The first-order valence-electron chi connectivity index (χ1n) is 10.8. The first-order chi connectivity index (χ1) is 15.5.